The Hall–Kier alpha value is -0.583. The Morgan fingerprint density at radius 3 is 2.43 bits per heavy atom. The van der Waals surface area contributed by atoms with Crippen LogP contribution in [0.4, 0.5) is 0 Å². The molecule has 0 fully saturated rings. The Morgan fingerprint density at radius 1 is 1.17 bits per heavy atom. The Morgan fingerprint density at radius 2 is 1.83 bits per heavy atom. The third-order valence-corrected chi connectivity index (χ3v) is 9.85. The van der Waals surface area contributed by atoms with Gasteiger partial charge < -0.3 is 8.99 Å². The van der Waals surface area contributed by atoms with Crippen molar-refractivity contribution >= 4 is 35.2 Å². The molecule has 0 bridgehead atoms. The summed E-state index contributed by atoms with van der Waals surface area (Å²) in [7, 11) is -1.70. The molecule has 0 aliphatic rings. The number of halogens is 1. The molecular formula is C19H29BrNOSi. The van der Waals surface area contributed by atoms with Crippen LogP contribution in [-0.4, -0.2) is 19.5 Å². The van der Waals surface area contributed by atoms with E-state index in [1.165, 1.54) is 5.52 Å². The lowest BCUT2D eigenvalue weighted by Crippen LogP contribution is -2.43. The fraction of sp³-hybridized carbons (Fsp3) is 0.579. The van der Waals surface area contributed by atoms with E-state index >= 15 is 0 Å². The van der Waals surface area contributed by atoms with Gasteiger partial charge in [-0.2, -0.15) is 0 Å². The monoisotopic (exact) mass is 394 g/mol. The van der Waals surface area contributed by atoms with Gasteiger partial charge in [0.25, 0.3) is 0 Å². The molecule has 127 valence electrons. The van der Waals surface area contributed by atoms with Crippen molar-refractivity contribution < 1.29 is 4.43 Å². The lowest BCUT2D eigenvalue weighted by Gasteiger charge is -2.39. The number of benzene rings is 1. The molecule has 0 saturated heterocycles. The molecule has 0 atom stereocenters. The van der Waals surface area contributed by atoms with Gasteiger partial charge in [0.1, 0.15) is 0 Å². The molecule has 0 amide bonds. The van der Waals surface area contributed by atoms with Crippen LogP contribution in [0.3, 0.4) is 0 Å². The van der Waals surface area contributed by atoms with E-state index in [4.69, 9.17) is 4.43 Å². The molecule has 0 spiro atoms. The zero-order valence-corrected chi connectivity index (χ0v) is 18.0. The summed E-state index contributed by atoms with van der Waals surface area (Å²) >= 11 is 3.56. The number of hydrogen-bond acceptors (Lipinski definition) is 1. The molecule has 0 unspecified atom stereocenters. The van der Waals surface area contributed by atoms with Crippen molar-refractivity contribution in [2.75, 3.05) is 6.61 Å². The summed E-state index contributed by atoms with van der Waals surface area (Å²) in [5, 5.41) is 1.41. The van der Waals surface area contributed by atoms with Crippen LogP contribution in [0, 0.1) is 11.5 Å². The van der Waals surface area contributed by atoms with Crippen molar-refractivity contribution in [1.82, 2.24) is 4.57 Å². The van der Waals surface area contributed by atoms with Crippen molar-refractivity contribution in [3.63, 3.8) is 0 Å². The van der Waals surface area contributed by atoms with E-state index in [2.05, 4.69) is 98.7 Å². The van der Waals surface area contributed by atoms with Crippen LogP contribution >= 0.6 is 15.9 Å². The lowest BCUT2D eigenvalue weighted by atomic mass is 9.95. The van der Waals surface area contributed by atoms with Gasteiger partial charge in [-0.3, -0.25) is 0 Å². The first-order valence-electron chi connectivity index (χ1n) is 8.21. The number of hydrogen-bond donors (Lipinski definition) is 0. The van der Waals surface area contributed by atoms with Crippen molar-refractivity contribution in [1.29, 1.82) is 0 Å². The van der Waals surface area contributed by atoms with Gasteiger partial charge in [0.05, 0.1) is 0 Å². The summed E-state index contributed by atoms with van der Waals surface area (Å²) in [4.78, 5) is 0. The minimum Gasteiger partial charge on any atom is -0.416 e. The zero-order chi connectivity index (χ0) is 17.5. The van der Waals surface area contributed by atoms with Gasteiger partial charge in [-0.15, -0.1) is 0 Å². The van der Waals surface area contributed by atoms with Gasteiger partial charge in [-0.05, 0) is 30.3 Å². The maximum atomic E-state index is 6.45. The lowest BCUT2D eigenvalue weighted by molar-refractivity contribution is 0.147. The molecule has 2 rings (SSSR count). The van der Waals surface area contributed by atoms with Crippen LogP contribution in [-0.2, 0) is 11.0 Å². The van der Waals surface area contributed by atoms with E-state index in [1.54, 1.807) is 0 Å². The molecule has 1 aromatic carbocycles. The van der Waals surface area contributed by atoms with Gasteiger partial charge in [0.2, 0.25) is 0 Å². The average molecular weight is 395 g/mol. The van der Waals surface area contributed by atoms with Crippen molar-refractivity contribution in [3.05, 3.63) is 34.9 Å². The highest BCUT2D eigenvalue weighted by atomic mass is 79.9. The Bertz CT molecular complexity index is 682. The summed E-state index contributed by atoms with van der Waals surface area (Å²) in [5.41, 5.74) is 1.30. The largest absolute Gasteiger partial charge is 0.416 e. The summed E-state index contributed by atoms with van der Waals surface area (Å²) in [6.07, 6.45) is 2.06. The molecule has 2 nitrogen and oxygen atoms in total. The van der Waals surface area contributed by atoms with Crippen molar-refractivity contribution in [2.45, 2.75) is 59.3 Å². The second-order valence-electron chi connectivity index (χ2n) is 8.78. The van der Waals surface area contributed by atoms with Crippen LogP contribution in [0.2, 0.25) is 18.1 Å². The van der Waals surface area contributed by atoms with Crippen molar-refractivity contribution in [2.24, 2.45) is 5.41 Å². The molecule has 1 aromatic heterocycles. The first-order chi connectivity index (χ1) is 10.4. The van der Waals surface area contributed by atoms with Gasteiger partial charge in [-0.1, -0.05) is 56.6 Å². The quantitative estimate of drug-likeness (QED) is 0.546. The summed E-state index contributed by atoms with van der Waals surface area (Å²) < 4.78 is 9.84. The predicted molar refractivity (Wildman–Crippen MR) is 105 cm³/mol. The fourth-order valence-corrected chi connectivity index (χ4v) is 3.84. The molecular weight excluding hydrogens is 366 g/mol. The van der Waals surface area contributed by atoms with E-state index in [0.29, 0.717) is 0 Å². The second-order valence-corrected chi connectivity index (χ2v) is 14.5. The van der Waals surface area contributed by atoms with Gasteiger partial charge in [0.15, 0.2) is 8.32 Å². The number of fused-ring (bicyclic) bond motifs is 1. The maximum Gasteiger partial charge on any atom is 0.192 e. The molecule has 1 heterocycles. The minimum absolute atomic E-state index is 0.0810. The third-order valence-electron chi connectivity index (χ3n) is 4.87. The van der Waals surface area contributed by atoms with Crippen molar-refractivity contribution in [3.8, 4) is 0 Å². The Balaban J connectivity index is 2.12. The fourth-order valence-electron chi connectivity index (χ4n) is 2.31. The molecule has 1 radical (unpaired) electrons. The van der Waals surface area contributed by atoms with Gasteiger partial charge in [0, 0.05) is 46.2 Å². The molecule has 0 aliphatic carbocycles. The smallest absolute Gasteiger partial charge is 0.192 e. The standard InChI is InChI=1S/C19H29BrNOSi/c1-18(2,3)23(6,7)22-14-19(4,5)13-21-11-10-15-8-9-16(20)12-17(15)21/h8-9,11-12H,13-14H2,1-7H3. The number of nitrogens with zero attached hydrogens (tertiary/aromatic N) is 1. The van der Waals surface area contributed by atoms with Crippen LogP contribution < -0.4 is 0 Å². The first kappa shape index (κ1) is 18.8. The van der Waals surface area contributed by atoms with Crippen LogP contribution in [0.5, 0.6) is 0 Å². The molecule has 4 heteroatoms. The molecule has 0 N–H and O–H groups in total. The molecule has 0 aliphatic heterocycles. The summed E-state index contributed by atoms with van der Waals surface area (Å²) in [6, 6.07) is 9.68. The van der Waals surface area contributed by atoms with Crippen LogP contribution in [0.25, 0.3) is 10.9 Å². The SMILES string of the molecule is CC(C)(CO[Si](C)(C)C(C)(C)C)Cn1c[c]c2ccc(Br)cc21. The highest BCUT2D eigenvalue weighted by Crippen LogP contribution is 2.38. The first-order valence-corrected chi connectivity index (χ1v) is 11.9. The average Bonchev–Trinajstić information content (AvgIpc) is 2.77. The van der Waals surface area contributed by atoms with Gasteiger partial charge in [-0.25, -0.2) is 0 Å². The summed E-state index contributed by atoms with van der Waals surface area (Å²) in [6.45, 7) is 17.8. The van der Waals surface area contributed by atoms with E-state index in [-0.39, 0.29) is 10.5 Å². The zero-order valence-electron chi connectivity index (χ0n) is 15.5. The second kappa shape index (κ2) is 6.38. The van der Waals surface area contributed by atoms with E-state index in [9.17, 15) is 0 Å². The normalized spacial score (nSPS) is 13.7. The molecule has 2 aromatic rings. The van der Waals surface area contributed by atoms with Gasteiger partial charge >= 0.3 is 0 Å². The van der Waals surface area contributed by atoms with Crippen LogP contribution in [0.15, 0.2) is 28.9 Å². The number of rotatable bonds is 5. The van der Waals surface area contributed by atoms with E-state index in [1.807, 2.05) is 0 Å². The maximum absolute atomic E-state index is 6.45. The third kappa shape index (κ3) is 4.49. The highest BCUT2D eigenvalue weighted by molar-refractivity contribution is 9.10. The highest BCUT2D eigenvalue weighted by Gasteiger charge is 2.38. The number of aromatic nitrogens is 1. The van der Waals surface area contributed by atoms with E-state index in [0.717, 1.165) is 23.0 Å². The molecule has 23 heavy (non-hydrogen) atoms. The van der Waals surface area contributed by atoms with E-state index < -0.39 is 8.32 Å². The topological polar surface area (TPSA) is 14.2 Å². The molecule has 0 saturated carbocycles. The summed E-state index contributed by atoms with van der Waals surface area (Å²) in [5.74, 6) is 0. The Kier molecular flexibility index (Phi) is 5.20. The predicted octanol–water partition coefficient (Wildman–Crippen LogP) is 6.25. The Labute approximate surface area is 150 Å². The van der Waals surface area contributed by atoms with Crippen LogP contribution in [0.1, 0.15) is 34.6 Å². The minimum atomic E-state index is -1.70.